The topological polar surface area (TPSA) is 115 Å². The van der Waals surface area contributed by atoms with E-state index in [1.54, 1.807) is 0 Å². The van der Waals surface area contributed by atoms with Crippen LogP contribution in [-0.2, 0) is 24.1 Å². The first-order valence-corrected chi connectivity index (χ1v) is 10.9. The van der Waals surface area contributed by atoms with Crippen LogP contribution >= 0.6 is 11.6 Å². The van der Waals surface area contributed by atoms with Crippen molar-refractivity contribution in [1.82, 2.24) is 19.7 Å². The summed E-state index contributed by atoms with van der Waals surface area (Å²) >= 11 is 5.83. The van der Waals surface area contributed by atoms with E-state index in [4.69, 9.17) is 17.3 Å². The van der Waals surface area contributed by atoms with E-state index >= 15 is 0 Å². The molecule has 0 spiro atoms. The number of carbonyl (C=O) groups is 1. The van der Waals surface area contributed by atoms with Crippen LogP contribution in [0, 0.1) is 0 Å². The lowest BCUT2D eigenvalue weighted by atomic mass is 10.0. The largest absolute Gasteiger partial charge is 0.416 e. The van der Waals surface area contributed by atoms with Gasteiger partial charge in [0, 0.05) is 17.1 Å². The fourth-order valence-electron chi connectivity index (χ4n) is 3.38. The van der Waals surface area contributed by atoms with Crippen LogP contribution in [0.15, 0.2) is 53.3 Å². The molecule has 0 aliphatic carbocycles. The number of nitrogens with two attached hydrogens (primary N) is 1. The van der Waals surface area contributed by atoms with Crippen LogP contribution in [0.3, 0.4) is 0 Å². The molecule has 0 fully saturated rings. The molecule has 0 saturated carbocycles. The average molecular weight is 568 g/mol. The average Bonchev–Trinajstić information content (AvgIpc) is 3.11. The maximum Gasteiger partial charge on any atom is 0.416 e. The molecule has 0 aliphatic heterocycles. The first kappa shape index (κ1) is 30.9. The Morgan fingerprint density at radius 1 is 1.11 bits per heavy atom. The molecule has 2 atom stereocenters. The molecule has 8 nitrogen and oxygen atoms in total. The predicted molar refractivity (Wildman–Crippen MR) is 127 cm³/mol. The normalized spacial score (nSPS) is 13.5. The molecule has 1 heterocycles. The standard InChI is InChI=1S/C22H20ClF6N5O3.CH4/c23-15-6-4-12(5-7-15)19-32-34(20(37)33(19)10-17(35)22(27,28)29)11-18(36)31-16(9-30)13-2-1-3-14(8-13)21(24,25)26;/h1-8,16-17,35H,9-11,30H2,(H,31,36);1H4/t16?,17-;/m0./s1. The SMILES string of the molecule is C.NCC(NC(=O)Cn1nc(-c2ccc(Cl)cc2)n(C[C@H](O)C(F)(F)F)c1=O)c1cccc(C(F)(F)F)c1. The van der Waals surface area contributed by atoms with E-state index in [0.717, 1.165) is 18.2 Å². The lowest BCUT2D eigenvalue weighted by Crippen LogP contribution is -2.40. The maximum atomic E-state index is 13.0. The molecule has 3 aromatic rings. The molecule has 15 heteroatoms. The van der Waals surface area contributed by atoms with E-state index in [1.807, 2.05) is 0 Å². The predicted octanol–water partition coefficient (Wildman–Crippen LogP) is 3.76. The van der Waals surface area contributed by atoms with Crippen LogP contribution in [0.5, 0.6) is 0 Å². The molecule has 3 rings (SSSR count). The number of aromatic nitrogens is 3. The van der Waals surface area contributed by atoms with Gasteiger partial charge in [0.15, 0.2) is 11.9 Å². The van der Waals surface area contributed by atoms with Gasteiger partial charge in [-0.3, -0.25) is 9.36 Å². The van der Waals surface area contributed by atoms with Gasteiger partial charge in [0.1, 0.15) is 6.54 Å². The number of hydrogen-bond acceptors (Lipinski definition) is 5. The molecular weight excluding hydrogens is 544 g/mol. The second kappa shape index (κ2) is 12.0. The zero-order valence-corrected chi connectivity index (χ0v) is 19.5. The van der Waals surface area contributed by atoms with Crippen LogP contribution in [-0.4, -0.2) is 44.2 Å². The highest BCUT2D eigenvalue weighted by Crippen LogP contribution is 2.30. The molecule has 0 bridgehead atoms. The third-order valence-electron chi connectivity index (χ3n) is 5.24. The van der Waals surface area contributed by atoms with Crippen LogP contribution < -0.4 is 16.7 Å². The fourth-order valence-corrected chi connectivity index (χ4v) is 3.51. The number of nitrogens with one attached hydrogen (secondary N) is 1. The number of aliphatic hydroxyl groups excluding tert-OH is 1. The summed E-state index contributed by atoms with van der Waals surface area (Å²) in [6.07, 6.45) is -12.6. The molecule has 1 unspecified atom stereocenters. The van der Waals surface area contributed by atoms with E-state index in [-0.39, 0.29) is 30.9 Å². The first-order chi connectivity index (χ1) is 17.2. The number of nitrogens with zero attached hydrogens (tertiary/aromatic N) is 3. The molecule has 0 aliphatic rings. The Kier molecular flexibility index (Phi) is 9.75. The minimum absolute atomic E-state index is 0. The molecule has 208 valence electrons. The monoisotopic (exact) mass is 567 g/mol. The van der Waals surface area contributed by atoms with Gasteiger partial charge in [-0.1, -0.05) is 31.2 Å². The Morgan fingerprint density at radius 3 is 2.29 bits per heavy atom. The van der Waals surface area contributed by atoms with E-state index in [2.05, 4.69) is 10.4 Å². The molecular formula is C23H24ClF6N5O3. The highest BCUT2D eigenvalue weighted by Gasteiger charge is 2.39. The van der Waals surface area contributed by atoms with Crippen molar-refractivity contribution in [1.29, 1.82) is 0 Å². The Balaban J connectivity index is 0.00000507. The van der Waals surface area contributed by atoms with Gasteiger partial charge in [0.2, 0.25) is 5.91 Å². The van der Waals surface area contributed by atoms with Gasteiger partial charge in [-0.2, -0.15) is 26.3 Å². The summed E-state index contributed by atoms with van der Waals surface area (Å²) in [6.45, 7) is -2.27. The Hall–Kier alpha value is -3.36. The lowest BCUT2D eigenvalue weighted by molar-refractivity contribution is -0.207. The van der Waals surface area contributed by atoms with Crippen molar-refractivity contribution in [3.8, 4) is 11.4 Å². The Labute approximate surface area is 217 Å². The Bertz CT molecular complexity index is 1300. The maximum absolute atomic E-state index is 13.0. The zero-order chi connectivity index (χ0) is 27.5. The number of alkyl halides is 6. The minimum Gasteiger partial charge on any atom is -0.382 e. The van der Waals surface area contributed by atoms with Crippen LogP contribution in [0.25, 0.3) is 11.4 Å². The molecule has 1 amide bonds. The smallest absolute Gasteiger partial charge is 0.382 e. The third kappa shape index (κ3) is 7.36. The highest BCUT2D eigenvalue weighted by molar-refractivity contribution is 6.30. The molecule has 0 saturated heterocycles. The summed E-state index contributed by atoms with van der Waals surface area (Å²) in [6, 6.07) is 8.63. The quantitative estimate of drug-likeness (QED) is 0.359. The highest BCUT2D eigenvalue weighted by atomic mass is 35.5. The molecule has 4 N–H and O–H groups in total. The third-order valence-corrected chi connectivity index (χ3v) is 5.49. The van der Waals surface area contributed by atoms with Gasteiger partial charge in [0.05, 0.1) is 18.2 Å². The second-order valence-electron chi connectivity index (χ2n) is 7.92. The first-order valence-electron chi connectivity index (χ1n) is 10.6. The molecule has 1 aromatic heterocycles. The fraction of sp³-hybridized carbons (Fsp3) is 0.348. The molecule has 38 heavy (non-hydrogen) atoms. The molecule has 2 aromatic carbocycles. The number of carbonyl (C=O) groups excluding carboxylic acids is 1. The van der Waals surface area contributed by atoms with Crippen molar-refractivity contribution in [3.63, 3.8) is 0 Å². The Morgan fingerprint density at radius 2 is 1.74 bits per heavy atom. The van der Waals surface area contributed by atoms with Gasteiger partial charge in [-0.15, -0.1) is 5.10 Å². The van der Waals surface area contributed by atoms with Crippen LogP contribution in [0.1, 0.15) is 24.6 Å². The van der Waals surface area contributed by atoms with Crippen molar-refractivity contribution in [2.24, 2.45) is 5.73 Å². The number of benzene rings is 2. The second-order valence-corrected chi connectivity index (χ2v) is 8.35. The summed E-state index contributed by atoms with van der Waals surface area (Å²) in [7, 11) is 0. The lowest BCUT2D eigenvalue weighted by Gasteiger charge is -2.18. The van der Waals surface area contributed by atoms with E-state index in [9.17, 15) is 41.0 Å². The van der Waals surface area contributed by atoms with Crippen molar-refractivity contribution >= 4 is 17.5 Å². The summed E-state index contributed by atoms with van der Waals surface area (Å²) in [5.74, 6) is -1.16. The minimum atomic E-state index is -5.03. The summed E-state index contributed by atoms with van der Waals surface area (Å²) < 4.78 is 79.1. The van der Waals surface area contributed by atoms with Gasteiger partial charge in [-0.05, 0) is 42.0 Å². The van der Waals surface area contributed by atoms with Crippen molar-refractivity contribution in [2.45, 2.75) is 45.0 Å². The summed E-state index contributed by atoms with van der Waals surface area (Å²) in [4.78, 5) is 25.5. The number of aliphatic hydroxyl groups is 1. The number of amides is 1. The van der Waals surface area contributed by atoms with Crippen LogP contribution in [0.4, 0.5) is 26.3 Å². The molecule has 0 radical (unpaired) electrons. The van der Waals surface area contributed by atoms with Gasteiger partial charge >= 0.3 is 18.0 Å². The number of hydrogen-bond donors (Lipinski definition) is 3. The van der Waals surface area contributed by atoms with Crippen molar-refractivity contribution in [3.05, 3.63) is 75.2 Å². The van der Waals surface area contributed by atoms with Crippen molar-refractivity contribution in [2.75, 3.05) is 6.54 Å². The van der Waals surface area contributed by atoms with Gasteiger partial charge in [-0.25, -0.2) is 9.48 Å². The summed E-state index contributed by atoms with van der Waals surface area (Å²) in [5.41, 5.74) is 3.76. The van der Waals surface area contributed by atoms with Gasteiger partial charge < -0.3 is 16.2 Å². The summed E-state index contributed by atoms with van der Waals surface area (Å²) in [5, 5.41) is 16.1. The van der Waals surface area contributed by atoms with E-state index < -0.39 is 54.7 Å². The van der Waals surface area contributed by atoms with E-state index in [1.165, 1.54) is 30.3 Å². The number of halogens is 7. The van der Waals surface area contributed by atoms with E-state index in [0.29, 0.717) is 14.3 Å². The van der Waals surface area contributed by atoms with Crippen molar-refractivity contribution < 1.29 is 36.2 Å². The van der Waals surface area contributed by atoms with Gasteiger partial charge in [0.25, 0.3) is 0 Å². The zero-order valence-electron chi connectivity index (χ0n) is 18.7. The number of rotatable bonds is 8. The van der Waals surface area contributed by atoms with Crippen LogP contribution in [0.2, 0.25) is 5.02 Å².